The number of nitrogens with one attached hydrogen (secondary N) is 2. The lowest BCUT2D eigenvalue weighted by Crippen LogP contribution is -2.36. The molecule has 5 rings (SSSR count). The van der Waals surface area contributed by atoms with E-state index in [1.165, 1.54) is 11.3 Å². The first-order valence-electron chi connectivity index (χ1n) is 12.7. The Bertz CT molecular complexity index is 979. The number of ether oxygens (including phenoxy) is 4. The number of nitrogens with zero attached hydrogens (tertiary/aromatic N) is 2. The van der Waals surface area contributed by atoms with Crippen molar-refractivity contribution in [3.63, 3.8) is 0 Å². The van der Waals surface area contributed by atoms with Crippen molar-refractivity contribution >= 4 is 23.3 Å². The summed E-state index contributed by atoms with van der Waals surface area (Å²) in [6.45, 7) is 10.5. The molecule has 196 valence electrons. The molecule has 1 aromatic carbocycles. The van der Waals surface area contributed by atoms with Crippen LogP contribution in [0.15, 0.2) is 36.4 Å². The Kier molecular flexibility index (Phi) is 9.01. The second kappa shape index (κ2) is 12.4. The second-order valence-electron chi connectivity index (χ2n) is 10.1. The van der Waals surface area contributed by atoms with Crippen LogP contribution in [0.1, 0.15) is 51.3 Å². The van der Waals surface area contributed by atoms with Gasteiger partial charge < -0.3 is 29.2 Å². The zero-order valence-corrected chi connectivity index (χ0v) is 21.5. The number of carbonyl (C=O) groups is 1. The molecule has 1 aromatic heterocycles. The molecule has 3 aliphatic heterocycles. The molecule has 9 heteroatoms. The second-order valence-corrected chi connectivity index (χ2v) is 10.1. The van der Waals surface area contributed by atoms with Crippen molar-refractivity contribution in [1.29, 1.82) is 0 Å². The van der Waals surface area contributed by atoms with Gasteiger partial charge in [-0.2, -0.15) is 0 Å². The minimum atomic E-state index is -0.573. The smallest absolute Gasteiger partial charge is 0.413 e. The van der Waals surface area contributed by atoms with Crippen molar-refractivity contribution in [3.8, 4) is 0 Å². The number of aromatic nitrogens is 1. The van der Waals surface area contributed by atoms with Gasteiger partial charge >= 0.3 is 6.09 Å². The van der Waals surface area contributed by atoms with Gasteiger partial charge in [-0.1, -0.05) is 12.1 Å². The summed E-state index contributed by atoms with van der Waals surface area (Å²) in [5, 5.41) is 5.96. The lowest BCUT2D eigenvalue weighted by molar-refractivity contribution is -0.169. The van der Waals surface area contributed by atoms with Gasteiger partial charge in [-0.15, -0.1) is 0 Å². The third-order valence-corrected chi connectivity index (χ3v) is 5.85. The molecule has 1 atom stereocenters. The third-order valence-electron chi connectivity index (χ3n) is 5.85. The maximum Gasteiger partial charge on any atom is 0.413 e. The molecule has 0 aliphatic carbocycles. The summed E-state index contributed by atoms with van der Waals surface area (Å²) in [6, 6.07) is 12.3. The maximum atomic E-state index is 12.2. The Morgan fingerprint density at radius 3 is 2.69 bits per heavy atom. The lowest BCUT2D eigenvalue weighted by atomic mass is 10.2. The zero-order chi connectivity index (χ0) is 25.4. The van der Waals surface area contributed by atoms with E-state index in [1.54, 1.807) is 0 Å². The van der Waals surface area contributed by atoms with Gasteiger partial charge in [0.2, 0.25) is 0 Å². The molecular formula is C27H38N4O5. The van der Waals surface area contributed by atoms with Gasteiger partial charge in [0.05, 0.1) is 25.5 Å². The number of hydrogen-bond acceptors (Lipinski definition) is 8. The van der Waals surface area contributed by atoms with Crippen molar-refractivity contribution in [2.24, 2.45) is 0 Å². The molecule has 2 aromatic rings. The molecule has 1 unspecified atom stereocenters. The Labute approximate surface area is 213 Å². The average Bonchev–Trinajstić information content (AvgIpc) is 3.20. The summed E-state index contributed by atoms with van der Waals surface area (Å²) in [5.41, 5.74) is 3.79. The molecule has 2 N–H and O–H groups in total. The van der Waals surface area contributed by atoms with Gasteiger partial charge in [-0.25, -0.2) is 9.78 Å². The Morgan fingerprint density at radius 2 is 2.00 bits per heavy atom. The molecule has 2 fully saturated rings. The highest BCUT2D eigenvalue weighted by Crippen LogP contribution is 2.23. The number of amides is 1. The summed E-state index contributed by atoms with van der Waals surface area (Å²) in [4.78, 5) is 18.9. The van der Waals surface area contributed by atoms with E-state index in [0.717, 1.165) is 56.9 Å². The van der Waals surface area contributed by atoms with Crippen LogP contribution in [0.4, 0.5) is 22.0 Å². The minimum absolute atomic E-state index is 0.190. The number of morpholine rings is 1. The Balaban J connectivity index is 0.000000318. The Hall–Kier alpha value is -2.88. The van der Waals surface area contributed by atoms with Crippen LogP contribution in [0.3, 0.4) is 0 Å². The molecule has 0 saturated carbocycles. The molecule has 2 bridgehead atoms. The highest BCUT2D eigenvalue weighted by molar-refractivity contribution is 5.84. The lowest BCUT2D eigenvalue weighted by Gasteiger charge is -2.29. The molecule has 2 saturated heterocycles. The van der Waals surface area contributed by atoms with Crippen LogP contribution in [0.25, 0.3) is 0 Å². The van der Waals surface area contributed by atoms with Crippen molar-refractivity contribution < 1.29 is 23.7 Å². The van der Waals surface area contributed by atoms with Crippen molar-refractivity contribution in [2.75, 3.05) is 48.4 Å². The van der Waals surface area contributed by atoms with Crippen molar-refractivity contribution in [3.05, 3.63) is 47.7 Å². The maximum absolute atomic E-state index is 12.2. The number of rotatable bonds is 5. The fraction of sp³-hybridized carbons (Fsp3) is 0.556. The number of carbonyl (C=O) groups excluding carboxylic acids is 1. The average molecular weight is 499 g/mol. The monoisotopic (exact) mass is 498 g/mol. The van der Waals surface area contributed by atoms with E-state index in [1.807, 2.05) is 32.9 Å². The highest BCUT2D eigenvalue weighted by atomic mass is 16.7. The van der Waals surface area contributed by atoms with E-state index < -0.39 is 11.7 Å². The van der Waals surface area contributed by atoms with E-state index in [0.29, 0.717) is 25.6 Å². The number of benzene rings is 1. The number of anilines is 3. The summed E-state index contributed by atoms with van der Waals surface area (Å²) < 4.78 is 22.3. The predicted octanol–water partition coefficient (Wildman–Crippen LogP) is 4.92. The van der Waals surface area contributed by atoms with Crippen LogP contribution in [-0.4, -0.2) is 55.9 Å². The number of fused-ring (bicyclic) bond motifs is 2. The number of pyridine rings is 1. The van der Waals surface area contributed by atoms with E-state index >= 15 is 0 Å². The molecule has 4 heterocycles. The van der Waals surface area contributed by atoms with Crippen molar-refractivity contribution in [1.82, 2.24) is 4.98 Å². The fourth-order valence-corrected chi connectivity index (χ4v) is 4.14. The van der Waals surface area contributed by atoms with Gasteiger partial charge in [0.15, 0.2) is 6.29 Å². The van der Waals surface area contributed by atoms with Gasteiger partial charge in [0, 0.05) is 43.7 Å². The molecule has 0 spiro atoms. The van der Waals surface area contributed by atoms with E-state index in [2.05, 4.69) is 44.8 Å². The fourth-order valence-electron chi connectivity index (χ4n) is 4.14. The Morgan fingerprint density at radius 1 is 1.17 bits per heavy atom. The van der Waals surface area contributed by atoms with Gasteiger partial charge in [-0.3, -0.25) is 5.32 Å². The van der Waals surface area contributed by atoms with Crippen LogP contribution in [0, 0.1) is 0 Å². The predicted molar refractivity (Wildman–Crippen MR) is 139 cm³/mol. The SMILES string of the molecule is CC(C)(C)OC(=O)Nc1cc(N2CCOCC2)cc(COC2CCCCO2)n1.c1cc2cc(c1)NC2. The van der Waals surface area contributed by atoms with Crippen LogP contribution in [0.2, 0.25) is 0 Å². The minimum Gasteiger partial charge on any atom is -0.444 e. The van der Waals surface area contributed by atoms with E-state index in [-0.39, 0.29) is 6.29 Å². The van der Waals surface area contributed by atoms with Crippen LogP contribution >= 0.6 is 0 Å². The zero-order valence-electron chi connectivity index (χ0n) is 21.5. The molecular weight excluding hydrogens is 460 g/mol. The third kappa shape index (κ3) is 8.36. The summed E-state index contributed by atoms with van der Waals surface area (Å²) in [5.74, 6) is 0.446. The van der Waals surface area contributed by atoms with Gasteiger partial charge in [0.1, 0.15) is 11.4 Å². The molecule has 0 radical (unpaired) electrons. The van der Waals surface area contributed by atoms with Crippen LogP contribution < -0.4 is 15.5 Å². The van der Waals surface area contributed by atoms with Crippen molar-refractivity contribution in [2.45, 2.75) is 65.1 Å². The van der Waals surface area contributed by atoms with Crippen LogP contribution in [0.5, 0.6) is 0 Å². The van der Waals surface area contributed by atoms with E-state index in [9.17, 15) is 4.79 Å². The first-order chi connectivity index (χ1) is 17.3. The van der Waals surface area contributed by atoms with Crippen LogP contribution in [-0.2, 0) is 32.1 Å². The normalized spacial score (nSPS) is 19.1. The standard InChI is InChI=1S/C20H31N3O5.C7H7N/c1-20(2,3)28-19(24)22-17-13-16(23-7-10-25-11-8-23)12-15(21-17)14-27-18-6-4-5-9-26-18;1-2-6-4-7(3-1)8-5-6/h12-13,18H,4-11,14H2,1-3H3,(H,21,22,24);1-4,8H,5H2. The molecule has 36 heavy (non-hydrogen) atoms. The quantitative estimate of drug-likeness (QED) is 0.600. The highest BCUT2D eigenvalue weighted by Gasteiger charge is 2.20. The molecule has 1 amide bonds. The van der Waals surface area contributed by atoms with Gasteiger partial charge in [-0.05, 0) is 63.8 Å². The topological polar surface area (TPSA) is 94.2 Å². The van der Waals surface area contributed by atoms with E-state index in [4.69, 9.17) is 18.9 Å². The summed E-state index contributed by atoms with van der Waals surface area (Å²) >= 11 is 0. The number of hydrogen-bond donors (Lipinski definition) is 2. The summed E-state index contributed by atoms with van der Waals surface area (Å²) in [6.07, 6.45) is 2.37. The first-order valence-corrected chi connectivity index (χ1v) is 12.7. The first kappa shape index (κ1) is 26.2. The van der Waals surface area contributed by atoms with Gasteiger partial charge in [0.25, 0.3) is 0 Å². The molecule has 9 nitrogen and oxygen atoms in total. The summed E-state index contributed by atoms with van der Waals surface area (Å²) in [7, 11) is 0. The molecule has 3 aliphatic rings. The largest absolute Gasteiger partial charge is 0.444 e.